The van der Waals surface area contributed by atoms with E-state index in [9.17, 15) is 52.7 Å². The van der Waals surface area contributed by atoms with Crippen molar-refractivity contribution in [1.29, 1.82) is 0 Å². The number of unbranched alkanes of at least 4 members (excludes halogenated alkanes) is 6. The average molecular weight is 1050 g/mol. The van der Waals surface area contributed by atoms with Crippen molar-refractivity contribution in [3.05, 3.63) is 93.0 Å². The molecule has 0 saturated heterocycles. The molecule has 0 saturated carbocycles. The summed E-state index contributed by atoms with van der Waals surface area (Å²) in [6, 6.07) is 5.71. The van der Waals surface area contributed by atoms with E-state index in [4.69, 9.17) is 14.2 Å². The zero-order valence-electron chi connectivity index (χ0n) is 44.4. The first kappa shape index (κ1) is 59.4. The van der Waals surface area contributed by atoms with Gasteiger partial charge in [0.15, 0.2) is 0 Å². The number of ether oxygens (including phenoxy) is 3. The Labute approximate surface area is 423 Å². The van der Waals surface area contributed by atoms with Gasteiger partial charge in [-0.2, -0.15) is 52.7 Å². The van der Waals surface area contributed by atoms with Gasteiger partial charge in [-0.15, -0.1) is 0 Å². The van der Waals surface area contributed by atoms with Crippen LogP contribution in [0.4, 0.5) is 52.7 Å². The highest BCUT2D eigenvalue weighted by Crippen LogP contribution is 2.56. The average Bonchev–Trinajstić information content (AvgIpc) is 3.41. The molecular formula is C57H72F12NO3+. The topological polar surface area (TPSA) is 27.7 Å². The molecule has 0 aromatic heterocycles. The van der Waals surface area contributed by atoms with E-state index in [2.05, 4.69) is 13.8 Å². The fourth-order valence-corrected chi connectivity index (χ4v) is 10.8. The fraction of sp³-hybridized carbons (Fsp3) is 0.579. The lowest BCUT2D eigenvalue weighted by atomic mass is 9.76. The smallest absolute Gasteiger partial charge is 0.416 e. The van der Waals surface area contributed by atoms with E-state index >= 15 is 0 Å². The Morgan fingerprint density at radius 3 is 1.04 bits per heavy atom. The van der Waals surface area contributed by atoms with Crippen LogP contribution < -0.4 is 9.47 Å². The van der Waals surface area contributed by atoms with Crippen molar-refractivity contribution >= 4 is 0 Å². The normalized spacial score (nSPS) is 15.2. The largest absolute Gasteiger partial charge is 0.496 e. The summed E-state index contributed by atoms with van der Waals surface area (Å²) in [7, 11) is 6.04. The second kappa shape index (κ2) is 21.7. The van der Waals surface area contributed by atoms with Gasteiger partial charge in [-0.1, -0.05) is 107 Å². The van der Waals surface area contributed by atoms with Crippen LogP contribution in [0.2, 0.25) is 0 Å². The first-order valence-corrected chi connectivity index (χ1v) is 25.0. The number of likely N-dealkylation sites (N-methyl/N-ethyl adjacent to an activating group) is 1. The molecule has 1 heterocycles. The zero-order valence-corrected chi connectivity index (χ0v) is 44.4. The molecule has 0 unspecified atom stereocenters. The molecule has 4 aromatic carbocycles. The van der Waals surface area contributed by atoms with E-state index in [0.717, 1.165) is 51.4 Å². The SMILES string of the molecule is CCCCCCC(CCCCCC)(OC)[C@H](C)[N+]1(C)Cc2c(cc(C(C)(C)C)c(OC)c2-c2cc(C(F)(F)F)cc(C(F)(F)F)c2)-c2cc(C(C)(C)C)c(OC)c(-c3cc(C(F)(F)F)cc(C(F)(F)F)c3)c2C1. The summed E-state index contributed by atoms with van der Waals surface area (Å²) in [6.45, 7) is 16.6. The summed E-state index contributed by atoms with van der Waals surface area (Å²) in [6.07, 6.45) is -12.9. The first-order valence-electron chi connectivity index (χ1n) is 25.0. The Hall–Kier alpha value is -4.44. The standard InChI is InChI=1S/C57H72F12NO3/c1-14-16-18-20-22-53(73-13,23-21-19-17-15-2)34(3)70(10)32-43-41(30-45(51(4,5)6)49(71-11)47(43)35-24-37(54(58,59)60)28-38(25-35)55(61,62)63)42-31-46(52(7,8)9)50(72-12)48(44(42)33-70)36-26-39(56(64,65)66)29-40(27-36)57(67,68)69/h24-31,34H,14-23,32-33H2,1-13H3/q+1/t34-/m0/s1. The Morgan fingerprint density at radius 1 is 0.479 bits per heavy atom. The van der Waals surface area contributed by atoms with Crippen LogP contribution in [-0.2, 0) is 53.4 Å². The van der Waals surface area contributed by atoms with Gasteiger partial charge in [-0.3, -0.25) is 0 Å². The predicted molar refractivity (Wildman–Crippen MR) is 264 cm³/mol. The second-order valence-corrected chi connectivity index (χ2v) is 22.2. The quantitative estimate of drug-likeness (QED) is 0.0599. The predicted octanol–water partition coefficient (Wildman–Crippen LogP) is 18.5. The Balaban J connectivity index is 2.17. The lowest BCUT2D eigenvalue weighted by Gasteiger charge is -2.49. The summed E-state index contributed by atoms with van der Waals surface area (Å²) < 4.78 is 197. The molecule has 0 spiro atoms. The molecule has 4 aromatic rings. The maximum absolute atomic E-state index is 14.9. The van der Waals surface area contributed by atoms with Gasteiger partial charge in [0, 0.05) is 40.5 Å². The van der Waals surface area contributed by atoms with Crippen LogP contribution in [0, 0.1) is 0 Å². The van der Waals surface area contributed by atoms with E-state index in [1.807, 2.05) is 14.0 Å². The first-order chi connectivity index (χ1) is 33.5. The number of nitrogens with zero attached hydrogens (tertiary/aromatic N) is 1. The summed E-state index contributed by atoms with van der Waals surface area (Å²) in [5, 5.41) is 0. The van der Waals surface area contributed by atoms with E-state index < -0.39 is 80.6 Å². The number of halogens is 12. The lowest BCUT2D eigenvalue weighted by molar-refractivity contribution is -0.963. The van der Waals surface area contributed by atoms with E-state index in [1.165, 1.54) is 14.2 Å². The molecule has 1 atom stereocenters. The van der Waals surface area contributed by atoms with Gasteiger partial charge in [-0.25, -0.2) is 0 Å². The summed E-state index contributed by atoms with van der Waals surface area (Å²) in [4.78, 5) is 0. The highest BCUT2D eigenvalue weighted by atomic mass is 19.4. The molecule has 1 aliphatic heterocycles. The Morgan fingerprint density at radius 2 is 0.795 bits per heavy atom. The van der Waals surface area contributed by atoms with Crippen LogP contribution in [0.3, 0.4) is 0 Å². The minimum absolute atomic E-state index is 0.0102. The molecule has 0 radical (unpaired) electrons. The van der Waals surface area contributed by atoms with Crippen LogP contribution in [-0.4, -0.2) is 44.5 Å². The van der Waals surface area contributed by atoms with Crippen molar-refractivity contribution in [3.8, 4) is 44.9 Å². The molecule has 406 valence electrons. The molecular weight excluding hydrogens is 975 g/mol. The van der Waals surface area contributed by atoms with Crippen molar-refractivity contribution in [3.63, 3.8) is 0 Å². The molecule has 16 heteroatoms. The maximum atomic E-state index is 14.9. The van der Waals surface area contributed by atoms with Crippen LogP contribution in [0.15, 0.2) is 48.5 Å². The highest BCUT2D eigenvalue weighted by molar-refractivity contribution is 5.91. The van der Waals surface area contributed by atoms with Crippen molar-refractivity contribution in [2.45, 2.75) is 187 Å². The highest BCUT2D eigenvalue weighted by Gasteiger charge is 2.50. The number of benzene rings is 4. The fourth-order valence-electron chi connectivity index (χ4n) is 10.8. The number of quaternary nitrogens is 1. The van der Waals surface area contributed by atoms with E-state index in [0.29, 0.717) is 59.4 Å². The van der Waals surface area contributed by atoms with Gasteiger partial charge in [0.2, 0.25) is 0 Å². The summed E-state index contributed by atoms with van der Waals surface area (Å²) in [5.41, 5.74) is -8.12. The van der Waals surface area contributed by atoms with Crippen molar-refractivity contribution in [2.24, 2.45) is 0 Å². The van der Waals surface area contributed by atoms with E-state index in [1.54, 1.807) is 60.8 Å². The summed E-state index contributed by atoms with van der Waals surface area (Å²) in [5.74, 6) is 0.0203. The number of fused-ring (bicyclic) bond motifs is 3. The minimum atomic E-state index is -5.23. The van der Waals surface area contributed by atoms with Gasteiger partial charge in [0.25, 0.3) is 0 Å². The number of alkyl halides is 12. The van der Waals surface area contributed by atoms with Crippen molar-refractivity contribution < 1.29 is 71.4 Å². The monoisotopic (exact) mass is 1050 g/mol. The minimum Gasteiger partial charge on any atom is -0.496 e. The number of methoxy groups -OCH3 is 3. The van der Waals surface area contributed by atoms with Crippen LogP contribution in [0.5, 0.6) is 11.5 Å². The molecule has 0 amide bonds. The molecule has 0 N–H and O–H groups in total. The van der Waals surface area contributed by atoms with Crippen molar-refractivity contribution in [2.75, 3.05) is 28.4 Å². The van der Waals surface area contributed by atoms with Gasteiger partial charge in [0.05, 0.1) is 43.5 Å². The molecule has 0 bridgehead atoms. The molecule has 0 fully saturated rings. The lowest BCUT2D eigenvalue weighted by Crippen LogP contribution is -2.61. The third-order valence-corrected chi connectivity index (χ3v) is 14.9. The van der Waals surface area contributed by atoms with Gasteiger partial charge < -0.3 is 18.7 Å². The van der Waals surface area contributed by atoms with Gasteiger partial charge in [-0.05, 0) is 101 Å². The van der Waals surface area contributed by atoms with Crippen LogP contribution >= 0.6 is 0 Å². The Kier molecular flexibility index (Phi) is 17.6. The molecule has 73 heavy (non-hydrogen) atoms. The van der Waals surface area contributed by atoms with Crippen molar-refractivity contribution in [1.82, 2.24) is 0 Å². The maximum Gasteiger partial charge on any atom is 0.416 e. The zero-order chi connectivity index (χ0) is 55.1. The van der Waals surface area contributed by atoms with Crippen LogP contribution in [0.1, 0.15) is 171 Å². The van der Waals surface area contributed by atoms with Crippen LogP contribution in [0.25, 0.3) is 33.4 Å². The Bertz CT molecular complexity index is 2350. The molecule has 4 nitrogen and oxygen atoms in total. The number of hydrogen-bond donors (Lipinski definition) is 0. The third-order valence-electron chi connectivity index (χ3n) is 14.9. The number of rotatable bonds is 17. The molecule has 0 aliphatic carbocycles. The third kappa shape index (κ3) is 12.8. The summed E-state index contributed by atoms with van der Waals surface area (Å²) >= 11 is 0. The molecule has 5 rings (SSSR count). The second-order valence-electron chi connectivity index (χ2n) is 22.2. The van der Waals surface area contributed by atoms with Gasteiger partial charge >= 0.3 is 24.7 Å². The number of hydrogen-bond acceptors (Lipinski definition) is 3. The molecule has 1 aliphatic rings. The van der Waals surface area contributed by atoms with Gasteiger partial charge in [0.1, 0.15) is 36.2 Å². The van der Waals surface area contributed by atoms with E-state index in [-0.39, 0.29) is 63.5 Å².